The van der Waals surface area contributed by atoms with Gasteiger partial charge in [-0.05, 0) is 85.7 Å². The summed E-state index contributed by atoms with van der Waals surface area (Å²) in [5.41, 5.74) is 1.37. The summed E-state index contributed by atoms with van der Waals surface area (Å²) in [5.74, 6) is 3.73. The van der Waals surface area contributed by atoms with Gasteiger partial charge in [-0.25, -0.2) is 0 Å². The van der Waals surface area contributed by atoms with Crippen LogP contribution in [-0.2, 0) is 11.3 Å². The van der Waals surface area contributed by atoms with E-state index in [2.05, 4.69) is 28.4 Å². The Labute approximate surface area is 165 Å². The molecule has 1 N–H and O–H groups in total. The van der Waals surface area contributed by atoms with E-state index in [0.717, 1.165) is 37.5 Å². The molecule has 6 nitrogen and oxygen atoms in total. The van der Waals surface area contributed by atoms with Crippen molar-refractivity contribution in [3.8, 4) is 0 Å². The van der Waals surface area contributed by atoms with Crippen LogP contribution < -0.4 is 0 Å². The average molecular weight is 383 g/mol. The normalized spacial score (nSPS) is 48.7. The molecular formula is C22H30N4O2. The fourth-order valence-corrected chi connectivity index (χ4v) is 8.05. The maximum absolute atomic E-state index is 13.1. The van der Waals surface area contributed by atoms with Crippen LogP contribution in [0.3, 0.4) is 0 Å². The van der Waals surface area contributed by atoms with Crippen molar-refractivity contribution in [3.05, 3.63) is 18.0 Å². The number of fused-ring (bicyclic) bond motifs is 7. The summed E-state index contributed by atoms with van der Waals surface area (Å²) >= 11 is 0. The molecule has 150 valence electrons. The van der Waals surface area contributed by atoms with Gasteiger partial charge in [-0.3, -0.25) is 4.79 Å². The van der Waals surface area contributed by atoms with E-state index in [-0.39, 0.29) is 29.3 Å². The summed E-state index contributed by atoms with van der Waals surface area (Å²) in [6.07, 6.45) is 12.8. The first-order valence-electron chi connectivity index (χ1n) is 11.2. The molecule has 6 rings (SSSR count). The molecule has 0 saturated heterocycles. The van der Waals surface area contributed by atoms with E-state index in [4.69, 9.17) is 0 Å². The summed E-state index contributed by atoms with van der Waals surface area (Å²) in [6, 6.07) is 0. The van der Waals surface area contributed by atoms with Crippen LogP contribution in [0.2, 0.25) is 0 Å². The zero-order valence-corrected chi connectivity index (χ0v) is 16.6. The molecule has 5 aliphatic rings. The first kappa shape index (κ1) is 17.3. The maximum Gasteiger partial charge on any atom is 0.162 e. The Morgan fingerprint density at radius 3 is 2.96 bits per heavy atom. The molecule has 0 aliphatic heterocycles. The van der Waals surface area contributed by atoms with Crippen molar-refractivity contribution in [2.75, 3.05) is 0 Å². The number of carbonyl (C=O) groups is 1. The Kier molecular flexibility index (Phi) is 3.55. The van der Waals surface area contributed by atoms with Crippen LogP contribution in [0.1, 0.15) is 58.3 Å². The van der Waals surface area contributed by atoms with Gasteiger partial charge < -0.3 is 5.11 Å². The lowest BCUT2D eigenvalue weighted by Gasteiger charge is -2.53. The molecule has 1 aromatic heterocycles. The largest absolute Gasteiger partial charge is 0.389 e. The minimum absolute atomic E-state index is 0.124. The van der Waals surface area contributed by atoms with Crippen LogP contribution in [0.25, 0.3) is 0 Å². The Bertz CT molecular complexity index is 836. The predicted octanol–water partition coefficient (Wildman–Crippen LogP) is 2.79. The predicted molar refractivity (Wildman–Crippen MR) is 102 cm³/mol. The van der Waals surface area contributed by atoms with E-state index in [0.29, 0.717) is 17.8 Å². The van der Waals surface area contributed by atoms with E-state index < -0.39 is 0 Å². The maximum atomic E-state index is 13.1. The summed E-state index contributed by atoms with van der Waals surface area (Å²) in [6.45, 7) is 2.64. The molecule has 6 heteroatoms. The van der Waals surface area contributed by atoms with Crippen molar-refractivity contribution in [2.45, 2.75) is 70.4 Å². The van der Waals surface area contributed by atoms with Gasteiger partial charge >= 0.3 is 0 Å². The molecule has 1 aromatic rings. The zero-order chi connectivity index (χ0) is 19.1. The van der Waals surface area contributed by atoms with Crippen molar-refractivity contribution in [1.29, 1.82) is 0 Å². The summed E-state index contributed by atoms with van der Waals surface area (Å²) in [4.78, 5) is 14.5. The van der Waals surface area contributed by atoms with Gasteiger partial charge in [0.2, 0.25) is 0 Å². The Hall–Kier alpha value is -1.56. The van der Waals surface area contributed by atoms with Gasteiger partial charge in [-0.15, -0.1) is 10.2 Å². The van der Waals surface area contributed by atoms with Gasteiger partial charge in [0, 0.05) is 11.8 Å². The Morgan fingerprint density at radius 1 is 1.25 bits per heavy atom. The molecule has 8 atom stereocenters. The summed E-state index contributed by atoms with van der Waals surface area (Å²) in [5, 5.41) is 22.2. The third kappa shape index (κ3) is 2.30. The van der Waals surface area contributed by atoms with Crippen molar-refractivity contribution in [3.63, 3.8) is 0 Å². The van der Waals surface area contributed by atoms with Gasteiger partial charge in [0.1, 0.15) is 6.54 Å². The number of aliphatic hydroxyl groups is 1. The van der Waals surface area contributed by atoms with Gasteiger partial charge in [-0.1, -0.05) is 18.6 Å². The third-order valence-corrected chi connectivity index (χ3v) is 9.48. The lowest BCUT2D eigenvalue weighted by Crippen LogP contribution is -2.47. The number of aromatic nitrogens is 4. The van der Waals surface area contributed by atoms with Crippen molar-refractivity contribution in [1.82, 2.24) is 20.2 Å². The number of Topliss-reactive ketones (excluding diaryl/α,β-unsaturated/α-hetero) is 1. The number of ketones is 1. The van der Waals surface area contributed by atoms with Crippen LogP contribution in [0, 0.1) is 40.9 Å². The molecule has 0 aromatic carbocycles. The smallest absolute Gasteiger partial charge is 0.162 e. The molecule has 4 fully saturated rings. The van der Waals surface area contributed by atoms with Gasteiger partial charge in [-0.2, -0.15) is 4.80 Å². The quantitative estimate of drug-likeness (QED) is 0.813. The number of hydrogen-bond acceptors (Lipinski definition) is 5. The number of nitrogens with zero attached hydrogens (tertiary/aromatic N) is 4. The van der Waals surface area contributed by atoms with Crippen molar-refractivity contribution >= 4 is 5.78 Å². The minimum atomic E-state index is -0.349. The van der Waals surface area contributed by atoms with Gasteiger partial charge in [0.25, 0.3) is 0 Å². The van der Waals surface area contributed by atoms with Gasteiger partial charge in [0.05, 0.1) is 5.60 Å². The van der Waals surface area contributed by atoms with Crippen molar-refractivity contribution in [2.24, 2.45) is 40.9 Å². The molecule has 0 radical (unpaired) electrons. The molecule has 1 unspecified atom stereocenters. The highest BCUT2D eigenvalue weighted by Gasteiger charge is 2.63. The molecule has 5 aliphatic carbocycles. The molecule has 0 amide bonds. The first-order chi connectivity index (χ1) is 13.5. The van der Waals surface area contributed by atoms with E-state index in [9.17, 15) is 9.90 Å². The Balaban J connectivity index is 1.24. The zero-order valence-electron chi connectivity index (χ0n) is 16.6. The van der Waals surface area contributed by atoms with E-state index in [1.807, 2.05) is 0 Å². The molecular weight excluding hydrogens is 352 g/mol. The lowest BCUT2D eigenvalue weighted by atomic mass is 9.51. The van der Waals surface area contributed by atoms with Crippen LogP contribution >= 0.6 is 0 Å². The minimum Gasteiger partial charge on any atom is -0.389 e. The number of rotatable bonds is 3. The second kappa shape index (κ2) is 5.74. The molecule has 1 heterocycles. The SMILES string of the molecule is C[C@]12CC[C@H]3[C@@H](CC=C4C5C[C@@]5(O)CC[C@@H]43)[C@@H]1CC[C@@H]2C(=O)Cn1ncnn1. The van der Waals surface area contributed by atoms with E-state index in [1.165, 1.54) is 36.8 Å². The monoisotopic (exact) mass is 382 g/mol. The summed E-state index contributed by atoms with van der Waals surface area (Å²) < 4.78 is 0. The molecule has 4 saturated carbocycles. The molecule has 28 heavy (non-hydrogen) atoms. The second-order valence-electron chi connectivity index (χ2n) is 10.5. The topological polar surface area (TPSA) is 80.9 Å². The van der Waals surface area contributed by atoms with Crippen LogP contribution in [0.4, 0.5) is 0 Å². The highest BCUT2D eigenvalue weighted by Crippen LogP contribution is 2.67. The summed E-state index contributed by atoms with van der Waals surface area (Å²) in [7, 11) is 0. The number of carbonyl (C=O) groups excluding carboxylic acids is 1. The van der Waals surface area contributed by atoms with Crippen LogP contribution in [-0.4, -0.2) is 36.7 Å². The number of tetrazole rings is 1. The first-order valence-corrected chi connectivity index (χ1v) is 11.2. The third-order valence-electron chi connectivity index (χ3n) is 9.48. The standard InChI is InChI=1S/C22H30N4O2/c1-21-8-6-13-14-7-9-22(28)10-19(22)16(14)3-2-15(13)17(21)4-5-18(21)20(27)11-26-24-12-23-25-26/h3,12-15,17-19,28H,2,4-11H2,1H3/t13-,14-,15-,17+,18-,19?,21+,22+/m1/s1. The number of allylic oxidation sites excluding steroid dienone is 1. The van der Waals surface area contributed by atoms with E-state index >= 15 is 0 Å². The fraction of sp³-hybridized carbons (Fsp3) is 0.818. The van der Waals surface area contributed by atoms with Crippen LogP contribution in [0.5, 0.6) is 0 Å². The average Bonchev–Trinajstić information content (AvgIpc) is 3.00. The van der Waals surface area contributed by atoms with E-state index in [1.54, 1.807) is 5.57 Å². The van der Waals surface area contributed by atoms with Gasteiger partial charge in [0.15, 0.2) is 12.1 Å². The fourth-order valence-electron chi connectivity index (χ4n) is 8.05. The highest BCUT2D eigenvalue weighted by molar-refractivity contribution is 5.81. The Morgan fingerprint density at radius 2 is 2.14 bits per heavy atom. The number of hydrogen-bond donors (Lipinski definition) is 1. The molecule has 0 spiro atoms. The lowest BCUT2D eigenvalue weighted by molar-refractivity contribution is -0.130. The molecule has 0 bridgehead atoms. The highest BCUT2D eigenvalue weighted by atomic mass is 16.3. The van der Waals surface area contributed by atoms with Crippen LogP contribution in [0.15, 0.2) is 18.0 Å². The van der Waals surface area contributed by atoms with Crippen molar-refractivity contribution < 1.29 is 9.90 Å². The second-order valence-corrected chi connectivity index (χ2v) is 10.5.